The van der Waals surface area contributed by atoms with Gasteiger partial charge in [0.25, 0.3) is 12.3 Å². The van der Waals surface area contributed by atoms with Crippen LogP contribution in [0.2, 0.25) is 0 Å². The molecule has 2 heterocycles. The van der Waals surface area contributed by atoms with Crippen molar-refractivity contribution in [2.75, 3.05) is 5.32 Å². The van der Waals surface area contributed by atoms with E-state index in [-0.39, 0.29) is 32.6 Å². The number of nitrogens with two attached hydrogens (primary N) is 1. The summed E-state index contributed by atoms with van der Waals surface area (Å²) >= 11 is 0.834. The minimum atomic E-state index is -2.78. The molecule has 0 radical (unpaired) electrons. The lowest BCUT2D eigenvalue weighted by molar-refractivity contribution is -0.117. The molecule has 11 heteroatoms. The number of ether oxygens (including phenoxy) is 1. The highest BCUT2D eigenvalue weighted by Crippen LogP contribution is 2.40. The molecule has 0 aliphatic heterocycles. The molecule has 1 aliphatic carbocycles. The molecule has 3 rings (SSSR count). The van der Waals surface area contributed by atoms with Crippen molar-refractivity contribution in [3.05, 3.63) is 33.5 Å². The van der Waals surface area contributed by atoms with E-state index in [4.69, 9.17) is 10.5 Å². The largest absolute Gasteiger partial charge is 0.459 e. The molecule has 0 aromatic carbocycles. The number of nitrogens with one attached hydrogen (secondary N) is 1. The van der Waals surface area contributed by atoms with E-state index in [1.54, 1.807) is 13.8 Å². The fourth-order valence-electron chi connectivity index (χ4n) is 2.99. The number of nitrogens with zero attached hydrogens (tertiary/aromatic N) is 2. The predicted molar refractivity (Wildman–Crippen MR) is 106 cm³/mol. The van der Waals surface area contributed by atoms with Crippen LogP contribution < -0.4 is 11.1 Å². The minimum absolute atomic E-state index is 0.0177. The smallest absolute Gasteiger partial charge is 0.341 e. The zero-order valence-corrected chi connectivity index (χ0v) is 17.5. The molecule has 2 aromatic rings. The van der Waals surface area contributed by atoms with E-state index in [0.29, 0.717) is 5.69 Å². The number of amides is 2. The van der Waals surface area contributed by atoms with Gasteiger partial charge in [-0.15, -0.1) is 11.3 Å². The van der Waals surface area contributed by atoms with Crippen LogP contribution >= 0.6 is 11.3 Å². The summed E-state index contributed by atoms with van der Waals surface area (Å²) in [6, 6.07) is 1.32. The molecule has 1 aliphatic rings. The van der Waals surface area contributed by atoms with Gasteiger partial charge in [0.2, 0.25) is 5.91 Å². The Hall–Kier alpha value is -2.82. The zero-order chi connectivity index (χ0) is 22.2. The van der Waals surface area contributed by atoms with Crippen LogP contribution in [0.5, 0.6) is 0 Å². The van der Waals surface area contributed by atoms with Crippen molar-refractivity contribution in [3.8, 4) is 0 Å². The number of thiophene rings is 1. The first-order valence-electron chi connectivity index (χ1n) is 9.38. The Labute approximate surface area is 175 Å². The molecule has 1 saturated carbocycles. The van der Waals surface area contributed by atoms with Gasteiger partial charge in [0.05, 0.1) is 22.2 Å². The van der Waals surface area contributed by atoms with Gasteiger partial charge in [-0.2, -0.15) is 5.10 Å². The van der Waals surface area contributed by atoms with E-state index < -0.39 is 36.9 Å². The monoisotopic (exact) mass is 440 g/mol. The fourth-order valence-corrected chi connectivity index (χ4v) is 4.05. The van der Waals surface area contributed by atoms with Crippen molar-refractivity contribution in [2.24, 2.45) is 5.73 Å². The van der Waals surface area contributed by atoms with Gasteiger partial charge in [0.1, 0.15) is 17.2 Å². The first-order valence-corrected chi connectivity index (χ1v) is 10.2. The number of hydrogen-bond donors (Lipinski definition) is 2. The molecule has 0 saturated heterocycles. The lowest BCUT2D eigenvalue weighted by Gasteiger charge is -2.11. The number of primary amides is 1. The van der Waals surface area contributed by atoms with Crippen LogP contribution in [0.3, 0.4) is 0 Å². The SMILES string of the molecule is Cc1c(C(N)=O)sc(NC(=O)Cn2nc(C3CC3)cc2C(F)F)c1C(=O)OC(C)C. The molecule has 3 N–H and O–H groups in total. The molecular weight excluding hydrogens is 418 g/mol. The van der Waals surface area contributed by atoms with Crippen LogP contribution in [0.25, 0.3) is 0 Å². The molecule has 2 aromatic heterocycles. The summed E-state index contributed by atoms with van der Waals surface area (Å²) in [6.45, 7) is 4.38. The average molecular weight is 440 g/mol. The van der Waals surface area contributed by atoms with Gasteiger partial charge >= 0.3 is 5.97 Å². The molecule has 2 amide bonds. The van der Waals surface area contributed by atoms with Crippen molar-refractivity contribution < 1.29 is 27.9 Å². The topological polar surface area (TPSA) is 116 Å². The lowest BCUT2D eigenvalue weighted by Crippen LogP contribution is -2.22. The number of esters is 1. The number of rotatable bonds is 8. The van der Waals surface area contributed by atoms with Crippen LogP contribution in [-0.4, -0.2) is 33.7 Å². The van der Waals surface area contributed by atoms with Crippen molar-refractivity contribution in [1.82, 2.24) is 9.78 Å². The van der Waals surface area contributed by atoms with Crippen molar-refractivity contribution >= 4 is 34.1 Å². The van der Waals surface area contributed by atoms with Crippen molar-refractivity contribution in [2.45, 2.75) is 58.6 Å². The highest BCUT2D eigenvalue weighted by molar-refractivity contribution is 7.18. The summed E-state index contributed by atoms with van der Waals surface area (Å²) in [5.41, 5.74) is 5.86. The summed E-state index contributed by atoms with van der Waals surface area (Å²) in [5.74, 6) is -1.98. The second kappa shape index (κ2) is 8.50. The summed E-state index contributed by atoms with van der Waals surface area (Å²) < 4.78 is 32.8. The van der Waals surface area contributed by atoms with Crippen LogP contribution in [0, 0.1) is 6.92 Å². The van der Waals surface area contributed by atoms with Crippen molar-refractivity contribution in [1.29, 1.82) is 0 Å². The van der Waals surface area contributed by atoms with Gasteiger partial charge in [0.15, 0.2) is 0 Å². The van der Waals surface area contributed by atoms with Gasteiger partial charge in [-0.1, -0.05) is 0 Å². The normalized spacial score (nSPS) is 13.7. The second-order valence-electron chi connectivity index (χ2n) is 7.35. The highest BCUT2D eigenvalue weighted by atomic mass is 32.1. The summed E-state index contributed by atoms with van der Waals surface area (Å²) in [4.78, 5) is 36.8. The Morgan fingerprint density at radius 3 is 2.57 bits per heavy atom. The molecule has 162 valence electrons. The standard InChI is InChI=1S/C19H22F2N4O4S/c1-8(2)29-19(28)14-9(3)15(17(22)27)30-18(14)23-13(26)7-25-12(16(20)21)6-11(24-25)10-4-5-10/h6,8,10,16H,4-5,7H2,1-3H3,(H2,22,27)(H,23,26). The quantitative estimate of drug-likeness (QED) is 0.611. The Kier molecular flexibility index (Phi) is 6.20. The van der Waals surface area contributed by atoms with Crippen LogP contribution in [0.4, 0.5) is 13.8 Å². The lowest BCUT2D eigenvalue weighted by atomic mass is 10.1. The van der Waals surface area contributed by atoms with E-state index in [0.717, 1.165) is 28.9 Å². The van der Waals surface area contributed by atoms with Gasteiger partial charge in [0, 0.05) is 5.92 Å². The second-order valence-corrected chi connectivity index (χ2v) is 8.37. The minimum Gasteiger partial charge on any atom is -0.459 e. The Balaban J connectivity index is 1.85. The third-order valence-electron chi connectivity index (χ3n) is 4.51. The fraction of sp³-hybridized carbons (Fsp3) is 0.474. The first-order chi connectivity index (χ1) is 14.1. The van der Waals surface area contributed by atoms with E-state index >= 15 is 0 Å². The Bertz CT molecular complexity index is 995. The van der Waals surface area contributed by atoms with Crippen LogP contribution in [0.15, 0.2) is 6.07 Å². The molecule has 0 atom stereocenters. The number of aromatic nitrogens is 2. The van der Waals surface area contributed by atoms with E-state index in [2.05, 4.69) is 10.4 Å². The first kappa shape index (κ1) is 21.9. The predicted octanol–water partition coefficient (Wildman–Crippen LogP) is 3.37. The maximum Gasteiger partial charge on any atom is 0.341 e. The Morgan fingerprint density at radius 1 is 1.37 bits per heavy atom. The van der Waals surface area contributed by atoms with Gasteiger partial charge in [-0.05, 0) is 45.2 Å². The number of carbonyl (C=O) groups is 3. The summed E-state index contributed by atoms with van der Waals surface area (Å²) in [6.07, 6.45) is -1.43. The van der Waals surface area contributed by atoms with E-state index in [1.165, 1.54) is 13.0 Å². The van der Waals surface area contributed by atoms with Gasteiger partial charge in [-0.25, -0.2) is 13.6 Å². The van der Waals surface area contributed by atoms with Crippen molar-refractivity contribution in [3.63, 3.8) is 0 Å². The number of halogens is 2. The third kappa shape index (κ3) is 4.66. The average Bonchev–Trinajstić information content (AvgIpc) is 3.30. The van der Waals surface area contributed by atoms with Gasteiger partial charge in [-0.3, -0.25) is 14.3 Å². The molecular formula is C19H22F2N4O4S. The Morgan fingerprint density at radius 2 is 2.03 bits per heavy atom. The third-order valence-corrected chi connectivity index (χ3v) is 5.73. The maximum atomic E-state index is 13.3. The summed E-state index contributed by atoms with van der Waals surface area (Å²) in [5, 5.41) is 6.73. The van der Waals surface area contributed by atoms with Gasteiger partial charge < -0.3 is 15.8 Å². The van der Waals surface area contributed by atoms with E-state index in [1.807, 2.05) is 0 Å². The maximum absolute atomic E-state index is 13.3. The van der Waals surface area contributed by atoms with Crippen LogP contribution in [0.1, 0.15) is 76.0 Å². The number of hydrogen-bond acceptors (Lipinski definition) is 6. The number of anilines is 1. The number of alkyl halides is 2. The molecule has 0 spiro atoms. The molecule has 30 heavy (non-hydrogen) atoms. The molecule has 0 bridgehead atoms. The summed E-state index contributed by atoms with van der Waals surface area (Å²) in [7, 11) is 0. The molecule has 0 unspecified atom stereocenters. The molecule has 1 fully saturated rings. The molecule has 8 nitrogen and oxygen atoms in total. The highest BCUT2D eigenvalue weighted by Gasteiger charge is 2.30. The van der Waals surface area contributed by atoms with Crippen LogP contribution in [-0.2, 0) is 16.1 Å². The number of carbonyl (C=O) groups excluding carboxylic acids is 3. The zero-order valence-electron chi connectivity index (χ0n) is 16.7. The van der Waals surface area contributed by atoms with E-state index in [9.17, 15) is 23.2 Å².